The van der Waals surface area contributed by atoms with Crippen LogP contribution in [0.25, 0.3) is 0 Å². The molecule has 2 rings (SSSR count). The molecular weight excluding hydrogens is 260 g/mol. The Morgan fingerprint density at radius 3 is 2.72 bits per heavy atom. The summed E-state index contributed by atoms with van der Waals surface area (Å²) in [6.07, 6.45) is 1.08. The van der Waals surface area contributed by atoms with Crippen LogP contribution in [0.4, 0.5) is 0 Å². The Hall–Kier alpha value is -1.38. The molecule has 1 fully saturated rings. The van der Waals surface area contributed by atoms with Gasteiger partial charge in [0.1, 0.15) is 6.26 Å². The number of hydrogen-bond donors (Lipinski definition) is 1. The first kappa shape index (κ1) is 13.1. The Morgan fingerprint density at radius 2 is 2.11 bits per heavy atom. The number of piperazine rings is 1. The van der Waals surface area contributed by atoms with E-state index in [1.807, 2.05) is 0 Å². The lowest BCUT2D eigenvalue weighted by atomic mass is 10.3. The van der Waals surface area contributed by atoms with E-state index in [-0.39, 0.29) is 10.7 Å². The molecule has 2 heterocycles. The minimum Gasteiger partial charge on any atom is -0.465 e. The van der Waals surface area contributed by atoms with Gasteiger partial charge in [-0.2, -0.15) is 4.31 Å². The van der Waals surface area contributed by atoms with E-state index in [0.29, 0.717) is 26.2 Å². The zero-order valence-corrected chi connectivity index (χ0v) is 10.7. The normalized spacial score (nSPS) is 17.6. The van der Waals surface area contributed by atoms with Crippen molar-refractivity contribution in [1.82, 2.24) is 9.62 Å². The first-order chi connectivity index (χ1) is 8.55. The van der Waals surface area contributed by atoms with Gasteiger partial charge < -0.3 is 14.5 Å². The van der Waals surface area contributed by atoms with E-state index in [0.717, 1.165) is 6.26 Å². The molecule has 100 valence electrons. The SMILES string of the molecule is COC(=O)c1coc(S(=O)(=O)N2CCNCC2)c1. The second-order valence-corrected chi connectivity index (χ2v) is 5.67. The van der Waals surface area contributed by atoms with E-state index < -0.39 is 16.0 Å². The number of carbonyl (C=O) groups is 1. The molecule has 7 nitrogen and oxygen atoms in total. The number of esters is 1. The smallest absolute Gasteiger partial charge is 0.341 e. The monoisotopic (exact) mass is 274 g/mol. The Kier molecular flexibility index (Phi) is 3.69. The highest BCUT2D eigenvalue weighted by atomic mass is 32.2. The van der Waals surface area contributed by atoms with Gasteiger partial charge in [-0.3, -0.25) is 0 Å². The first-order valence-electron chi connectivity index (χ1n) is 5.43. The molecule has 0 unspecified atom stereocenters. The van der Waals surface area contributed by atoms with Gasteiger partial charge in [0.2, 0.25) is 5.09 Å². The van der Waals surface area contributed by atoms with Gasteiger partial charge in [-0.25, -0.2) is 13.2 Å². The highest BCUT2D eigenvalue weighted by Gasteiger charge is 2.29. The van der Waals surface area contributed by atoms with Crippen molar-refractivity contribution in [3.63, 3.8) is 0 Å². The fourth-order valence-electron chi connectivity index (χ4n) is 1.69. The van der Waals surface area contributed by atoms with Crippen LogP contribution >= 0.6 is 0 Å². The van der Waals surface area contributed by atoms with Gasteiger partial charge in [0.15, 0.2) is 0 Å². The van der Waals surface area contributed by atoms with Crippen molar-refractivity contribution in [3.8, 4) is 0 Å². The van der Waals surface area contributed by atoms with Gasteiger partial charge in [0.25, 0.3) is 10.0 Å². The summed E-state index contributed by atoms with van der Waals surface area (Å²) in [6.45, 7) is 1.97. The average molecular weight is 274 g/mol. The molecule has 1 aliphatic heterocycles. The minimum atomic E-state index is -3.66. The van der Waals surface area contributed by atoms with Gasteiger partial charge >= 0.3 is 5.97 Å². The number of carbonyl (C=O) groups excluding carboxylic acids is 1. The van der Waals surface area contributed by atoms with Crippen LogP contribution in [0, 0.1) is 0 Å². The number of rotatable bonds is 3. The predicted molar refractivity (Wildman–Crippen MR) is 61.7 cm³/mol. The summed E-state index contributed by atoms with van der Waals surface area (Å²) in [5, 5.41) is 2.83. The van der Waals surface area contributed by atoms with Gasteiger partial charge in [-0.05, 0) is 0 Å². The predicted octanol–water partition coefficient (Wildman–Crippen LogP) is -0.340. The summed E-state index contributed by atoms with van der Waals surface area (Å²) < 4.78 is 35.1. The van der Waals surface area contributed by atoms with Crippen molar-refractivity contribution in [2.75, 3.05) is 33.3 Å². The molecule has 8 heteroatoms. The molecule has 1 N–H and O–H groups in total. The van der Waals surface area contributed by atoms with E-state index in [1.54, 1.807) is 0 Å². The Bertz CT molecular complexity index is 530. The fraction of sp³-hybridized carbons (Fsp3) is 0.500. The third-order valence-electron chi connectivity index (χ3n) is 2.67. The second kappa shape index (κ2) is 5.09. The highest BCUT2D eigenvalue weighted by Crippen LogP contribution is 2.19. The standard InChI is InChI=1S/C10H14N2O5S/c1-16-10(13)8-6-9(17-7-8)18(14,15)12-4-2-11-3-5-12/h6-7,11H,2-5H2,1H3. The molecule has 0 amide bonds. The number of nitrogens with one attached hydrogen (secondary N) is 1. The molecule has 1 saturated heterocycles. The number of hydrogen-bond acceptors (Lipinski definition) is 6. The molecule has 1 aromatic heterocycles. The molecule has 18 heavy (non-hydrogen) atoms. The van der Waals surface area contributed by atoms with Crippen LogP contribution < -0.4 is 5.32 Å². The molecule has 0 bridgehead atoms. The summed E-state index contributed by atoms with van der Waals surface area (Å²) >= 11 is 0. The van der Waals surface area contributed by atoms with Crippen molar-refractivity contribution in [3.05, 3.63) is 17.9 Å². The highest BCUT2D eigenvalue weighted by molar-refractivity contribution is 7.89. The Balaban J connectivity index is 2.24. The van der Waals surface area contributed by atoms with Crippen molar-refractivity contribution in [2.45, 2.75) is 5.09 Å². The molecule has 0 aliphatic carbocycles. The number of nitrogens with zero attached hydrogens (tertiary/aromatic N) is 1. The fourth-order valence-corrected chi connectivity index (χ4v) is 3.05. The summed E-state index contributed by atoms with van der Waals surface area (Å²) in [5.41, 5.74) is 0.0891. The van der Waals surface area contributed by atoms with E-state index >= 15 is 0 Å². The topological polar surface area (TPSA) is 88.8 Å². The van der Waals surface area contributed by atoms with E-state index in [9.17, 15) is 13.2 Å². The maximum atomic E-state index is 12.2. The molecule has 0 spiro atoms. The summed E-state index contributed by atoms with van der Waals surface area (Å²) in [7, 11) is -2.44. The summed E-state index contributed by atoms with van der Waals surface area (Å²) in [5.74, 6) is -0.625. The van der Waals surface area contributed by atoms with Gasteiger partial charge in [-0.15, -0.1) is 0 Å². The van der Waals surface area contributed by atoms with Crippen LogP contribution in [0.5, 0.6) is 0 Å². The Labute approximate surface area is 105 Å². The quantitative estimate of drug-likeness (QED) is 0.759. The van der Waals surface area contributed by atoms with Crippen LogP contribution in [0.15, 0.2) is 21.8 Å². The molecule has 1 aliphatic rings. The number of furan rings is 1. The van der Waals surface area contributed by atoms with Crippen LogP contribution in [0.3, 0.4) is 0 Å². The first-order valence-corrected chi connectivity index (χ1v) is 6.87. The van der Waals surface area contributed by atoms with Crippen LogP contribution in [0.1, 0.15) is 10.4 Å². The lowest BCUT2D eigenvalue weighted by Crippen LogP contribution is -2.46. The number of ether oxygens (including phenoxy) is 1. The Morgan fingerprint density at radius 1 is 1.44 bits per heavy atom. The zero-order chi connectivity index (χ0) is 13.2. The van der Waals surface area contributed by atoms with Gasteiger partial charge in [-0.1, -0.05) is 0 Å². The zero-order valence-electron chi connectivity index (χ0n) is 9.88. The van der Waals surface area contributed by atoms with Crippen molar-refractivity contribution < 1.29 is 22.4 Å². The summed E-state index contributed by atoms with van der Waals surface area (Å²) in [6, 6.07) is 1.18. The molecule has 0 saturated carbocycles. The van der Waals surface area contributed by atoms with Crippen molar-refractivity contribution in [2.24, 2.45) is 0 Å². The average Bonchev–Trinajstić information content (AvgIpc) is 2.89. The molecule has 1 aromatic rings. The minimum absolute atomic E-state index is 0.0891. The maximum Gasteiger partial charge on any atom is 0.341 e. The molecule has 0 atom stereocenters. The third-order valence-corrected chi connectivity index (χ3v) is 4.43. The number of methoxy groups -OCH3 is 1. The molecule has 0 aromatic carbocycles. The lowest BCUT2D eigenvalue weighted by molar-refractivity contribution is 0.0600. The van der Waals surface area contributed by atoms with Gasteiger partial charge in [0.05, 0.1) is 12.7 Å². The number of sulfonamides is 1. The van der Waals surface area contributed by atoms with Gasteiger partial charge in [0, 0.05) is 32.2 Å². The third kappa shape index (κ3) is 2.40. The van der Waals surface area contributed by atoms with Crippen molar-refractivity contribution in [1.29, 1.82) is 0 Å². The molecular formula is C10H14N2O5S. The summed E-state index contributed by atoms with van der Waals surface area (Å²) in [4.78, 5) is 11.2. The molecule has 0 radical (unpaired) electrons. The second-order valence-electron chi connectivity index (χ2n) is 3.80. The van der Waals surface area contributed by atoms with Crippen molar-refractivity contribution >= 4 is 16.0 Å². The van der Waals surface area contributed by atoms with E-state index in [1.165, 1.54) is 17.5 Å². The van der Waals surface area contributed by atoms with E-state index in [4.69, 9.17) is 4.42 Å². The van der Waals surface area contributed by atoms with Crippen LogP contribution in [-0.4, -0.2) is 52.0 Å². The van der Waals surface area contributed by atoms with E-state index in [2.05, 4.69) is 10.1 Å². The van der Waals surface area contributed by atoms with Crippen LogP contribution in [0.2, 0.25) is 0 Å². The maximum absolute atomic E-state index is 12.2. The largest absolute Gasteiger partial charge is 0.465 e. The van der Waals surface area contributed by atoms with Crippen LogP contribution in [-0.2, 0) is 14.8 Å². The lowest BCUT2D eigenvalue weighted by Gasteiger charge is -2.25.